The first-order chi connectivity index (χ1) is 25.2. The number of urea groups is 1. The highest BCUT2D eigenvalue weighted by Gasteiger charge is 2.35. The van der Waals surface area contributed by atoms with Crippen LogP contribution in [0.15, 0.2) is 89.3 Å². The van der Waals surface area contributed by atoms with Gasteiger partial charge in [0, 0.05) is 84.5 Å². The van der Waals surface area contributed by atoms with Crippen molar-refractivity contribution in [2.24, 2.45) is 10.9 Å². The smallest absolute Gasteiger partial charge is 0.326 e. The summed E-state index contributed by atoms with van der Waals surface area (Å²) in [6, 6.07) is 13.0. The van der Waals surface area contributed by atoms with E-state index in [1.165, 1.54) is 0 Å². The monoisotopic (exact) mass is 759 g/mol. The zero-order valence-electron chi connectivity index (χ0n) is 31.6. The van der Waals surface area contributed by atoms with Crippen LogP contribution in [0.1, 0.15) is 70.3 Å². The molecule has 2 aromatic heterocycles. The fourth-order valence-electron chi connectivity index (χ4n) is 6.27. The van der Waals surface area contributed by atoms with Crippen LogP contribution >= 0.6 is 23.2 Å². The lowest BCUT2D eigenvalue weighted by Gasteiger charge is -2.39. The van der Waals surface area contributed by atoms with Crippen molar-refractivity contribution >= 4 is 41.0 Å². The van der Waals surface area contributed by atoms with Crippen LogP contribution in [0.25, 0.3) is 0 Å². The molecule has 1 aliphatic heterocycles. The predicted octanol–water partition coefficient (Wildman–Crippen LogP) is 7.61. The second-order valence-corrected chi connectivity index (χ2v) is 15.9. The van der Waals surface area contributed by atoms with E-state index >= 15 is 0 Å². The van der Waals surface area contributed by atoms with Crippen molar-refractivity contribution in [3.63, 3.8) is 0 Å². The first kappa shape index (κ1) is 39.9. The molecule has 1 fully saturated rings. The minimum absolute atomic E-state index is 0.0256. The highest BCUT2D eigenvalue weighted by Crippen LogP contribution is 2.34. The molecule has 0 saturated carbocycles. The summed E-state index contributed by atoms with van der Waals surface area (Å²) in [5.41, 5.74) is 2.46. The molecule has 282 valence electrons. The molecule has 53 heavy (non-hydrogen) atoms. The van der Waals surface area contributed by atoms with Gasteiger partial charge in [0.2, 0.25) is 5.91 Å². The lowest BCUT2D eigenvalue weighted by molar-refractivity contribution is -0.122. The number of nitrogens with zero attached hydrogens (tertiary/aromatic N) is 6. The van der Waals surface area contributed by atoms with Gasteiger partial charge in [-0.05, 0) is 62.6 Å². The Morgan fingerprint density at radius 1 is 1.02 bits per heavy atom. The van der Waals surface area contributed by atoms with Gasteiger partial charge in [0.05, 0.1) is 30.8 Å². The molecule has 1 unspecified atom stereocenters. The molecule has 1 N–H and O–H groups in total. The van der Waals surface area contributed by atoms with Crippen molar-refractivity contribution in [2.75, 3.05) is 39.3 Å². The minimum atomic E-state index is -0.646. The number of hydrogen-bond acceptors (Lipinski definition) is 7. The Morgan fingerprint density at radius 3 is 2.38 bits per heavy atom. The Morgan fingerprint density at radius 2 is 1.75 bits per heavy atom. The van der Waals surface area contributed by atoms with Gasteiger partial charge in [-0.25, -0.2) is 4.79 Å². The maximum atomic E-state index is 14.9. The average molecular weight is 761 g/mol. The lowest BCUT2D eigenvalue weighted by Crippen LogP contribution is -2.55. The van der Waals surface area contributed by atoms with E-state index in [0.29, 0.717) is 73.0 Å². The second kappa shape index (κ2) is 17.7. The fraction of sp³-hybridized carbons (Fsp3) is 0.439. The number of ether oxygens (including phenoxy) is 1. The van der Waals surface area contributed by atoms with E-state index in [2.05, 4.69) is 55.9 Å². The molecule has 1 saturated heterocycles. The number of amides is 3. The van der Waals surface area contributed by atoms with Crippen LogP contribution in [0.3, 0.4) is 0 Å². The zero-order valence-corrected chi connectivity index (χ0v) is 33.1. The number of carbonyl (C=O) groups excluding carboxylic acids is 2. The Hall–Kier alpha value is -4.25. The quantitative estimate of drug-likeness (QED) is 0.160. The van der Waals surface area contributed by atoms with Crippen molar-refractivity contribution < 1.29 is 14.3 Å². The molecule has 5 rings (SSSR count). The van der Waals surface area contributed by atoms with Crippen LogP contribution < -0.4 is 10.1 Å². The maximum Gasteiger partial charge on any atom is 0.326 e. The fourth-order valence-corrected chi connectivity index (χ4v) is 6.55. The molecule has 10 nitrogen and oxygen atoms in total. The van der Waals surface area contributed by atoms with Gasteiger partial charge in [0.25, 0.3) is 0 Å². The van der Waals surface area contributed by atoms with Crippen molar-refractivity contribution in [3.05, 3.63) is 112 Å². The number of aromatic nitrogens is 2. The summed E-state index contributed by atoms with van der Waals surface area (Å²) in [5, 5.41) is 4.28. The van der Waals surface area contributed by atoms with E-state index in [-0.39, 0.29) is 36.4 Å². The third-order valence-corrected chi connectivity index (χ3v) is 10.0. The van der Waals surface area contributed by atoms with E-state index < -0.39 is 5.54 Å². The van der Waals surface area contributed by atoms with Gasteiger partial charge in [-0.1, -0.05) is 74.3 Å². The molecular weight excluding hydrogens is 709 g/mol. The molecule has 3 amide bonds. The van der Waals surface area contributed by atoms with Crippen molar-refractivity contribution in [2.45, 2.75) is 72.0 Å². The molecule has 0 bridgehead atoms. The van der Waals surface area contributed by atoms with Gasteiger partial charge in [-0.2, -0.15) is 0 Å². The summed E-state index contributed by atoms with van der Waals surface area (Å²) in [6.45, 7) is 15.7. The number of carbonyl (C=O) groups is 2. The van der Waals surface area contributed by atoms with E-state index in [9.17, 15) is 9.59 Å². The maximum absolute atomic E-state index is 14.9. The summed E-state index contributed by atoms with van der Waals surface area (Å²) in [7, 11) is 0. The topological polar surface area (TPSA) is 103 Å². The molecular formula is C41H51Cl2N7O3. The van der Waals surface area contributed by atoms with Gasteiger partial charge in [0.15, 0.2) is 0 Å². The van der Waals surface area contributed by atoms with Crippen LogP contribution in [0, 0.1) is 5.92 Å². The van der Waals surface area contributed by atoms with Crippen LogP contribution in [0.2, 0.25) is 5.02 Å². The number of amidine groups is 1. The van der Waals surface area contributed by atoms with E-state index in [1.54, 1.807) is 23.5 Å². The largest absolute Gasteiger partial charge is 0.493 e. The Bertz CT molecular complexity index is 1810. The van der Waals surface area contributed by atoms with E-state index in [0.717, 1.165) is 16.8 Å². The van der Waals surface area contributed by atoms with E-state index in [4.69, 9.17) is 37.9 Å². The number of halogens is 2. The second-order valence-electron chi connectivity index (χ2n) is 15.0. The first-order valence-electron chi connectivity index (χ1n) is 18.2. The number of allylic oxidation sites excluding steroid dienone is 3. The molecule has 0 radical (unpaired) electrons. The summed E-state index contributed by atoms with van der Waals surface area (Å²) in [4.78, 5) is 47.8. The molecule has 3 aromatic rings. The summed E-state index contributed by atoms with van der Waals surface area (Å²) in [6.07, 6.45) is 11.9. The number of pyridine rings is 2. The van der Waals surface area contributed by atoms with Gasteiger partial charge < -0.3 is 15.0 Å². The lowest BCUT2D eigenvalue weighted by atomic mass is 9.83. The molecule has 12 heteroatoms. The van der Waals surface area contributed by atoms with Crippen LogP contribution in [-0.4, -0.2) is 87.3 Å². The Balaban J connectivity index is 1.48. The van der Waals surface area contributed by atoms with Gasteiger partial charge >= 0.3 is 6.03 Å². The zero-order chi connectivity index (χ0) is 38.2. The average Bonchev–Trinajstić information content (AvgIpc) is 3.13. The highest BCUT2D eigenvalue weighted by atomic mass is 35.5. The molecule has 1 aliphatic carbocycles. The minimum Gasteiger partial charge on any atom is -0.493 e. The highest BCUT2D eigenvalue weighted by molar-refractivity contribution is 6.31. The van der Waals surface area contributed by atoms with Gasteiger partial charge in [-0.15, -0.1) is 0 Å². The summed E-state index contributed by atoms with van der Waals surface area (Å²) in [5.74, 6) is 1.03. The molecule has 2 aliphatic rings. The number of hydrogen-bond donors (Lipinski definition) is 1. The normalized spacial score (nSPS) is 17.0. The van der Waals surface area contributed by atoms with Crippen molar-refractivity contribution in [3.8, 4) is 5.75 Å². The standard InChI is InChI=1S/C41H51Cl2N7O3/c1-7-53-35-23-36(40(2,3)4)45-26-34(35)38(47-41(5,6)31-12-16-33(43)17-13-31)50(27-29-10-14-32(42)15-11-29)39(52)49-21-19-48(20-22-49)28-37(51)46-25-30-9-8-18-44-24-30/h8-12,14-18,23-24,26,31H,7,13,19-22,25,27-28H2,1-6H3,(H,46,51). The van der Waals surface area contributed by atoms with Gasteiger partial charge in [-0.3, -0.25) is 29.6 Å². The van der Waals surface area contributed by atoms with Gasteiger partial charge in [0.1, 0.15) is 11.6 Å². The summed E-state index contributed by atoms with van der Waals surface area (Å²) < 4.78 is 6.29. The molecule has 3 heterocycles. The number of aliphatic imine (C=N–C) groups is 1. The number of nitrogens with one attached hydrogen (secondary N) is 1. The van der Waals surface area contributed by atoms with E-state index in [1.807, 2.05) is 66.4 Å². The molecule has 0 spiro atoms. The van der Waals surface area contributed by atoms with Crippen LogP contribution in [0.5, 0.6) is 5.75 Å². The van der Waals surface area contributed by atoms with Crippen molar-refractivity contribution in [1.29, 1.82) is 0 Å². The molecule has 1 aromatic carbocycles. The SMILES string of the molecule is CCOc1cc(C(C)(C)C)ncc1C(=NC(C)(C)C1C=CC(Cl)=CC1)N(Cc1ccc(Cl)cc1)C(=O)N1CCN(CC(=O)NCc2cccnc2)CC1. The number of rotatable bonds is 11. The third-order valence-electron chi connectivity index (χ3n) is 9.49. The first-order valence-corrected chi connectivity index (χ1v) is 19.0. The van der Waals surface area contributed by atoms with Crippen LogP contribution in [0.4, 0.5) is 4.79 Å². The number of benzene rings is 1. The third kappa shape index (κ3) is 10.9. The van der Waals surface area contributed by atoms with Crippen LogP contribution in [-0.2, 0) is 23.3 Å². The molecule has 1 atom stereocenters. The predicted molar refractivity (Wildman–Crippen MR) is 212 cm³/mol. The summed E-state index contributed by atoms with van der Waals surface area (Å²) >= 11 is 12.6. The Kier molecular flexibility index (Phi) is 13.4. The Labute approximate surface area is 323 Å². The number of piperazine rings is 1. The van der Waals surface area contributed by atoms with Crippen molar-refractivity contribution in [1.82, 2.24) is 30.0 Å².